The van der Waals surface area contributed by atoms with Gasteiger partial charge in [-0.1, -0.05) is 0 Å². The number of nitrogens with two attached hydrogens (primary N) is 1. The second kappa shape index (κ2) is 9.00. The van der Waals surface area contributed by atoms with E-state index in [0.29, 0.717) is 35.9 Å². The maximum absolute atomic E-state index is 12.4. The maximum Gasteiger partial charge on any atom is 0.490 e. The van der Waals surface area contributed by atoms with Crippen LogP contribution < -0.4 is 10.5 Å². The number of carboxylic acids is 1. The van der Waals surface area contributed by atoms with E-state index < -0.39 is 12.1 Å². The van der Waals surface area contributed by atoms with Crippen LogP contribution in [-0.2, 0) is 11.2 Å². The van der Waals surface area contributed by atoms with Crippen LogP contribution in [0.15, 0.2) is 24.0 Å². The third kappa shape index (κ3) is 5.65. The van der Waals surface area contributed by atoms with Crippen LogP contribution in [0.2, 0.25) is 0 Å². The Morgan fingerprint density at radius 3 is 2.54 bits per heavy atom. The molecule has 0 radical (unpaired) electrons. The zero-order valence-electron chi connectivity index (χ0n) is 14.7. The predicted molar refractivity (Wildman–Crippen MR) is 89.4 cm³/mol. The van der Waals surface area contributed by atoms with Crippen molar-refractivity contribution in [3.05, 3.63) is 35.3 Å². The number of amides is 1. The minimum atomic E-state index is -5.08. The molecule has 1 saturated carbocycles. The van der Waals surface area contributed by atoms with E-state index in [0.717, 1.165) is 25.0 Å². The number of carboxylic acid groups (broad SMARTS) is 1. The molecule has 1 amide bonds. The van der Waals surface area contributed by atoms with Gasteiger partial charge in [0.15, 0.2) is 0 Å². The van der Waals surface area contributed by atoms with Crippen molar-refractivity contribution in [3.8, 4) is 5.88 Å². The molecule has 0 unspecified atom stereocenters. The molecule has 0 spiro atoms. The highest BCUT2D eigenvalue weighted by atomic mass is 19.4. The van der Waals surface area contributed by atoms with Crippen LogP contribution >= 0.6 is 0 Å². The number of hydrogen-bond acceptors (Lipinski definition) is 5. The van der Waals surface area contributed by atoms with Gasteiger partial charge in [0, 0.05) is 37.2 Å². The van der Waals surface area contributed by atoms with Gasteiger partial charge in [-0.05, 0) is 18.9 Å². The van der Waals surface area contributed by atoms with Crippen molar-refractivity contribution < 1.29 is 37.0 Å². The predicted octanol–water partition coefficient (Wildman–Crippen LogP) is 2.07. The molecule has 2 heterocycles. The van der Waals surface area contributed by atoms with E-state index in [1.165, 1.54) is 0 Å². The summed E-state index contributed by atoms with van der Waals surface area (Å²) in [6.07, 6.45) is -1.69. The summed E-state index contributed by atoms with van der Waals surface area (Å²) >= 11 is 0. The Bertz CT molecular complexity index is 763. The molecule has 1 aromatic rings. The SMILES string of the molecule is NC/C(=C/F)COc1ccc2c(n1)CCN(C1CC1)C2=O.O=C(O)C(F)(F)F. The van der Waals surface area contributed by atoms with Crippen molar-refractivity contribution in [2.75, 3.05) is 19.7 Å². The molecule has 0 atom stereocenters. The van der Waals surface area contributed by atoms with Gasteiger partial charge in [-0.15, -0.1) is 0 Å². The Labute approximate surface area is 157 Å². The largest absolute Gasteiger partial charge is 0.490 e. The number of alkyl halides is 3. The van der Waals surface area contributed by atoms with E-state index in [9.17, 15) is 22.4 Å². The third-order valence-electron chi connectivity index (χ3n) is 4.08. The van der Waals surface area contributed by atoms with Gasteiger partial charge in [0.2, 0.25) is 5.88 Å². The fourth-order valence-corrected chi connectivity index (χ4v) is 2.47. The lowest BCUT2D eigenvalue weighted by molar-refractivity contribution is -0.192. The molecular weight excluding hydrogens is 386 g/mol. The first-order valence-corrected chi connectivity index (χ1v) is 8.39. The number of carbonyl (C=O) groups is 2. The molecule has 1 aromatic heterocycles. The first kappa shape index (κ1) is 21.6. The minimum Gasteiger partial charge on any atom is -0.475 e. The van der Waals surface area contributed by atoms with Gasteiger partial charge < -0.3 is 20.5 Å². The van der Waals surface area contributed by atoms with Crippen LogP contribution in [0, 0.1) is 0 Å². The molecule has 154 valence electrons. The van der Waals surface area contributed by atoms with E-state index in [-0.39, 0.29) is 19.1 Å². The fourth-order valence-electron chi connectivity index (χ4n) is 2.47. The number of aliphatic carboxylic acids is 1. The summed E-state index contributed by atoms with van der Waals surface area (Å²) in [5, 5.41) is 7.12. The highest BCUT2D eigenvalue weighted by Crippen LogP contribution is 2.31. The number of hydrogen-bond donors (Lipinski definition) is 2. The highest BCUT2D eigenvalue weighted by molar-refractivity contribution is 5.96. The molecule has 0 saturated heterocycles. The molecule has 3 N–H and O–H groups in total. The topological polar surface area (TPSA) is 106 Å². The molecule has 3 rings (SSSR count). The van der Waals surface area contributed by atoms with E-state index in [1.54, 1.807) is 12.1 Å². The quantitative estimate of drug-likeness (QED) is 0.727. The number of rotatable bonds is 5. The number of aromatic nitrogens is 1. The van der Waals surface area contributed by atoms with Crippen molar-refractivity contribution in [2.24, 2.45) is 5.73 Å². The van der Waals surface area contributed by atoms with Crippen LogP contribution in [-0.4, -0.2) is 58.8 Å². The van der Waals surface area contributed by atoms with Crippen LogP contribution in [0.3, 0.4) is 0 Å². The average molecular weight is 405 g/mol. The van der Waals surface area contributed by atoms with E-state index in [1.807, 2.05) is 4.90 Å². The second-order valence-electron chi connectivity index (χ2n) is 6.19. The van der Waals surface area contributed by atoms with E-state index in [2.05, 4.69) is 4.98 Å². The lowest BCUT2D eigenvalue weighted by Crippen LogP contribution is -2.39. The summed E-state index contributed by atoms with van der Waals surface area (Å²) in [7, 11) is 0. The molecule has 2 aliphatic rings. The molecule has 0 aromatic carbocycles. The highest BCUT2D eigenvalue weighted by Gasteiger charge is 2.38. The maximum atomic E-state index is 12.4. The first-order chi connectivity index (χ1) is 13.2. The van der Waals surface area contributed by atoms with Crippen LogP contribution in [0.5, 0.6) is 5.88 Å². The van der Waals surface area contributed by atoms with Crippen LogP contribution in [0.1, 0.15) is 28.9 Å². The van der Waals surface area contributed by atoms with Gasteiger partial charge in [-0.3, -0.25) is 4.79 Å². The number of halogens is 4. The normalized spacial score (nSPS) is 16.8. The summed E-state index contributed by atoms with van der Waals surface area (Å²) < 4.78 is 49.6. The van der Waals surface area contributed by atoms with Crippen LogP contribution in [0.4, 0.5) is 17.6 Å². The third-order valence-corrected chi connectivity index (χ3v) is 4.08. The number of ether oxygens (including phenoxy) is 1. The lowest BCUT2D eigenvalue weighted by Gasteiger charge is -2.28. The zero-order chi connectivity index (χ0) is 20.9. The monoisotopic (exact) mass is 405 g/mol. The molecule has 0 bridgehead atoms. The summed E-state index contributed by atoms with van der Waals surface area (Å²) in [6.45, 7) is 0.891. The first-order valence-electron chi connectivity index (χ1n) is 8.39. The molecule has 11 heteroatoms. The molecule has 1 aliphatic carbocycles. The van der Waals surface area contributed by atoms with Crippen molar-refractivity contribution in [3.63, 3.8) is 0 Å². The molecule has 28 heavy (non-hydrogen) atoms. The standard InChI is InChI=1S/C15H18FN3O2.C2HF3O2/c16-7-10(8-17)9-21-14-4-3-12-13(18-14)5-6-19(15(12)20)11-1-2-11;3-2(4,5)1(6)7/h3-4,7,11H,1-2,5-6,8-9,17H2;(H,6,7)/b10-7-;. The Balaban J connectivity index is 0.000000345. The van der Waals surface area contributed by atoms with Gasteiger partial charge in [-0.2, -0.15) is 13.2 Å². The summed E-state index contributed by atoms with van der Waals surface area (Å²) in [5.74, 6) is -2.30. The molecule has 7 nitrogen and oxygen atoms in total. The van der Waals surface area contributed by atoms with Gasteiger partial charge >= 0.3 is 12.1 Å². The van der Waals surface area contributed by atoms with Crippen molar-refractivity contribution in [2.45, 2.75) is 31.5 Å². The summed E-state index contributed by atoms with van der Waals surface area (Å²) in [4.78, 5) is 27.5. The van der Waals surface area contributed by atoms with Crippen molar-refractivity contribution in [1.82, 2.24) is 9.88 Å². The Hall–Kier alpha value is -2.69. The van der Waals surface area contributed by atoms with Crippen LogP contribution in [0.25, 0.3) is 0 Å². The molecule has 1 fully saturated rings. The van der Waals surface area contributed by atoms with E-state index >= 15 is 0 Å². The lowest BCUT2D eigenvalue weighted by atomic mass is 10.0. The smallest absolute Gasteiger partial charge is 0.475 e. The van der Waals surface area contributed by atoms with Gasteiger partial charge in [0.1, 0.15) is 6.61 Å². The second-order valence-corrected chi connectivity index (χ2v) is 6.19. The summed E-state index contributed by atoms with van der Waals surface area (Å²) in [6, 6.07) is 3.82. The van der Waals surface area contributed by atoms with E-state index in [4.69, 9.17) is 20.4 Å². The van der Waals surface area contributed by atoms with Gasteiger partial charge in [0.25, 0.3) is 5.91 Å². The Kier molecular flexibility index (Phi) is 6.95. The Morgan fingerprint density at radius 1 is 1.39 bits per heavy atom. The number of pyridine rings is 1. The average Bonchev–Trinajstić information content (AvgIpc) is 3.47. The van der Waals surface area contributed by atoms with Gasteiger partial charge in [-0.25, -0.2) is 14.2 Å². The van der Waals surface area contributed by atoms with Crippen molar-refractivity contribution >= 4 is 11.9 Å². The number of nitrogens with zero attached hydrogens (tertiary/aromatic N) is 2. The van der Waals surface area contributed by atoms with Crippen molar-refractivity contribution in [1.29, 1.82) is 0 Å². The number of fused-ring (bicyclic) bond motifs is 1. The minimum absolute atomic E-state index is 0.0594. The Morgan fingerprint density at radius 2 is 2.04 bits per heavy atom. The summed E-state index contributed by atoms with van der Waals surface area (Å²) in [5.41, 5.74) is 7.14. The molecular formula is C17H19F4N3O4. The number of carbonyl (C=O) groups excluding carboxylic acids is 1. The molecule has 1 aliphatic heterocycles. The van der Waals surface area contributed by atoms with Gasteiger partial charge in [0.05, 0.1) is 17.6 Å². The fraction of sp³-hybridized carbons (Fsp3) is 0.471. The zero-order valence-corrected chi connectivity index (χ0v) is 14.7.